The van der Waals surface area contributed by atoms with Crippen molar-refractivity contribution in [3.63, 3.8) is 0 Å². The Labute approximate surface area is 358 Å². The molecule has 0 spiro atoms. The summed E-state index contributed by atoms with van der Waals surface area (Å²) in [5, 5.41) is 0. The average molecular weight is 793 g/mol. The molecular formula is C54H60N6. The van der Waals surface area contributed by atoms with Crippen LogP contribution in [0.1, 0.15) is 115 Å². The van der Waals surface area contributed by atoms with Gasteiger partial charge in [0, 0.05) is 35.3 Å². The minimum Gasteiger partial charge on any atom is -0.252 e. The van der Waals surface area contributed by atoms with Crippen LogP contribution in [0.5, 0.6) is 0 Å². The Balaban J connectivity index is 1.13. The number of aryl methyl sites for hydroxylation is 3. The number of pyridine rings is 3. The van der Waals surface area contributed by atoms with Gasteiger partial charge in [-0.05, 0) is 90.1 Å². The zero-order chi connectivity index (χ0) is 41.4. The largest absolute Gasteiger partial charge is 0.252 e. The second-order valence-corrected chi connectivity index (χ2v) is 16.1. The van der Waals surface area contributed by atoms with Crippen LogP contribution in [-0.2, 0) is 19.3 Å². The summed E-state index contributed by atoms with van der Waals surface area (Å²) in [6, 6.07) is 38.9. The minimum atomic E-state index is 0.477. The average Bonchev–Trinajstić information content (AvgIpc) is 3.31. The quantitative estimate of drug-likeness (QED) is 0.0675. The van der Waals surface area contributed by atoms with Gasteiger partial charge in [0.2, 0.25) is 0 Å². The Bertz CT molecular complexity index is 2050. The molecule has 0 saturated heterocycles. The maximum atomic E-state index is 4.94. The van der Waals surface area contributed by atoms with Crippen LogP contribution < -0.4 is 0 Å². The fourth-order valence-corrected chi connectivity index (χ4v) is 7.67. The summed E-state index contributed by atoms with van der Waals surface area (Å²) < 4.78 is 0. The van der Waals surface area contributed by atoms with E-state index in [2.05, 4.69) is 112 Å². The van der Waals surface area contributed by atoms with Crippen molar-refractivity contribution in [3.8, 4) is 67.9 Å². The molecular weight excluding hydrogens is 733 g/mol. The van der Waals surface area contributed by atoms with Crippen LogP contribution in [0.2, 0.25) is 0 Å². The summed E-state index contributed by atoms with van der Waals surface area (Å²) in [6.45, 7) is 6.76. The summed E-state index contributed by atoms with van der Waals surface area (Å²) in [5.41, 5.74) is 12.7. The van der Waals surface area contributed by atoms with Crippen LogP contribution in [-0.4, -0.2) is 29.9 Å². The molecule has 0 aliphatic heterocycles. The summed E-state index contributed by atoms with van der Waals surface area (Å²) in [7, 11) is 0. The molecule has 0 aliphatic carbocycles. The topological polar surface area (TPSA) is 77.3 Å². The van der Waals surface area contributed by atoms with Crippen molar-refractivity contribution in [2.24, 2.45) is 0 Å². The van der Waals surface area contributed by atoms with Gasteiger partial charge in [-0.2, -0.15) is 0 Å². The Morgan fingerprint density at radius 1 is 0.283 bits per heavy atom. The Morgan fingerprint density at radius 3 is 0.783 bits per heavy atom. The molecule has 7 rings (SSSR count). The minimum absolute atomic E-state index is 0.477. The zero-order valence-corrected chi connectivity index (χ0v) is 35.9. The maximum Gasteiger partial charge on any atom is 0.182 e. The Kier molecular flexibility index (Phi) is 15.4. The van der Waals surface area contributed by atoms with Gasteiger partial charge >= 0.3 is 0 Å². The molecule has 60 heavy (non-hydrogen) atoms. The number of unbranched alkanes of at least 4 members (excludes halogenated alkanes) is 9. The highest BCUT2D eigenvalue weighted by atomic mass is 15.1. The van der Waals surface area contributed by atoms with Gasteiger partial charge < -0.3 is 0 Å². The second-order valence-electron chi connectivity index (χ2n) is 16.1. The van der Waals surface area contributed by atoms with Gasteiger partial charge in [0.25, 0.3) is 0 Å². The molecule has 4 aromatic heterocycles. The molecule has 6 nitrogen and oxygen atoms in total. The molecule has 6 heteroatoms. The third kappa shape index (κ3) is 11.7. The van der Waals surface area contributed by atoms with Crippen molar-refractivity contribution in [1.29, 1.82) is 0 Å². The molecule has 0 atom stereocenters. The number of benzene rings is 3. The molecule has 0 N–H and O–H groups in total. The van der Waals surface area contributed by atoms with Gasteiger partial charge in [0.05, 0.1) is 0 Å². The molecule has 0 amide bonds. The van der Waals surface area contributed by atoms with Crippen LogP contribution in [0, 0.1) is 0 Å². The lowest BCUT2D eigenvalue weighted by atomic mass is 10.0. The first kappa shape index (κ1) is 42.3. The lowest BCUT2D eigenvalue weighted by Crippen LogP contribution is -2.03. The Hall–Kier alpha value is -5.88. The van der Waals surface area contributed by atoms with Crippen LogP contribution in [0.4, 0.5) is 0 Å². The summed E-state index contributed by atoms with van der Waals surface area (Å²) >= 11 is 0. The highest BCUT2D eigenvalue weighted by Gasteiger charge is 2.16. The first-order chi connectivity index (χ1) is 29.6. The first-order valence-corrected chi connectivity index (χ1v) is 22.5. The van der Waals surface area contributed by atoms with E-state index in [9.17, 15) is 0 Å². The van der Waals surface area contributed by atoms with Crippen molar-refractivity contribution in [2.45, 2.75) is 117 Å². The van der Waals surface area contributed by atoms with Crippen LogP contribution in [0.15, 0.2) is 128 Å². The van der Waals surface area contributed by atoms with E-state index in [1.807, 2.05) is 36.8 Å². The fourth-order valence-electron chi connectivity index (χ4n) is 7.67. The number of hydrogen-bond donors (Lipinski definition) is 0. The molecule has 4 heterocycles. The number of hydrogen-bond acceptors (Lipinski definition) is 6. The number of rotatable bonds is 21. The lowest BCUT2D eigenvalue weighted by Gasteiger charge is -2.10. The SMILES string of the molecule is CCCCCCc1ccc(-c2ccc(-c3nc(-c4ccc(-c5ccc(CCCCCC)cc5)cn4)nc(-c4ccc(-c5ccc(CCCCCC)cc5)cn4)n3)nc2)cc1. The van der Waals surface area contributed by atoms with Crippen LogP contribution in [0.25, 0.3) is 67.9 Å². The van der Waals surface area contributed by atoms with Crippen molar-refractivity contribution in [1.82, 2.24) is 29.9 Å². The molecule has 3 aromatic carbocycles. The van der Waals surface area contributed by atoms with Crippen LogP contribution in [0.3, 0.4) is 0 Å². The van der Waals surface area contributed by atoms with E-state index in [0.29, 0.717) is 34.6 Å². The summed E-state index contributed by atoms with van der Waals surface area (Å²) in [6.07, 6.45) is 24.3. The van der Waals surface area contributed by atoms with Crippen LogP contribution >= 0.6 is 0 Å². The molecule has 0 fully saturated rings. The van der Waals surface area contributed by atoms with Gasteiger partial charge in [-0.1, -0.05) is 170 Å². The van der Waals surface area contributed by atoms with Gasteiger partial charge in [-0.25, -0.2) is 15.0 Å². The van der Waals surface area contributed by atoms with Crippen molar-refractivity contribution >= 4 is 0 Å². The lowest BCUT2D eigenvalue weighted by molar-refractivity contribution is 0.667. The normalized spacial score (nSPS) is 11.2. The second kappa shape index (κ2) is 21.9. The fraction of sp³-hybridized carbons (Fsp3) is 0.333. The number of nitrogens with zero attached hydrogens (tertiary/aromatic N) is 6. The van der Waals surface area contributed by atoms with E-state index in [0.717, 1.165) is 52.6 Å². The van der Waals surface area contributed by atoms with E-state index in [4.69, 9.17) is 29.9 Å². The summed E-state index contributed by atoms with van der Waals surface area (Å²) in [5.74, 6) is 1.43. The molecule has 0 saturated carbocycles. The molecule has 0 unspecified atom stereocenters. The third-order valence-electron chi connectivity index (χ3n) is 11.4. The van der Waals surface area contributed by atoms with E-state index in [1.54, 1.807) is 0 Å². The molecule has 7 aromatic rings. The highest BCUT2D eigenvalue weighted by Crippen LogP contribution is 2.28. The molecule has 0 aliphatic rings. The van der Waals surface area contributed by atoms with Gasteiger partial charge in [0.1, 0.15) is 17.1 Å². The zero-order valence-electron chi connectivity index (χ0n) is 35.9. The van der Waals surface area contributed by atoms with E-state index < -0.39 is 0 Å². The van der Waals surface area contributed by atoms with Gasteiger partial charge in [-0.3, -0.25) is 15.0 Å². The van der Waals surface area contributed by atoms with E-state index >= 15 is 0 Å². The highest BCUT2D eigenvalue weighted by molar-refractivity contribution is 5.70. The predicted molar refractivity (Wildman–Crippen MR) is 249 cm³/mol. The molecule has 306 valence electrons. The molecule has 0 bridgehead atoms. The first-order valence-electron chi connectivity index (χ1n) is 22.5. The van der Waals surface area contributed by atoms with Crippen molar-refractivity contribution in [3.05, 3.63) is 144 Å². The third-order valence-corrected chi connectivity index (χ3v) is 11.4. The van der Waals surface area contributed by atoms with Crippen molar-refractivity contribution < 1.29 is 0 Å². The van der Waals surface area contributed by atoms with Gasteiger partial charge in [0.15, 0.2) is 17.5 Å². The van der Waals surface area contributed by atoms with E-state index in [1.165, 1.54) is 93.7 Å². The van der Waals surface area contributed by atoms with Crippen molar-refractivity contribution in [2.75, 3.05) is 0 Å². The van der Waals surface area contributed by atoms with Gasteiger partial charge in [-0.15, -0.1) is 0 Å². The predicted octanol–water partition coefficient (Wildman–Crippen LogP) is 14.4. The molecule has 0 radical (unpaired) electrons. The smallest absolute Gasteiger partial charge is 0.182 e. The maximum absolute atomic E-state index is 4.94. The monoisotopic (exact) mass is 792 g/mol. The Morgan fingerprint density at radius 2 is 0.550 bits per heavy atom. The summed E-state index contributed by atoms with van der Waals surface area (Å²) in [4.78, 5) is 29.4. The van der Waals surface area contributed by atoms with E-state index in [-0.39, 0.29) is 0 Å². The number of aromatic nitrogens is 6. The standard InChI is InChI=1S/C54H60N6/c1-4-7-10-13-16-40-19-25-43(26-20-40)46-31-34-49(55-37-46)52-58-53(50-35-32-47(38-56-50)44-27-21-41(22-28-44)17-14-11-8-5-2)60-54(59-52)51-36-33-48(39-57-51)45-29-23-42(24-30-45)18-15-12-9-6-3/h19-39H,4-18H2,1-3H3.